The molecule has 4 nitrogen and oxygen atoms in total. The molecule has 0 aromatic carbocycles. The molecule has 4 heteroatoms. The van der Waals surface area contributed by atoms with Crippen molar-refractivity contribution in [2.75, 3.05) is 13.6 Å². The van der Waals surface area contributed by atoms with Crippen LogP contribution in [-0.2, 0) is 0 Å². The van der Waals surface area contributed by atoms with Gasteiger partial charge in [-0.15, -0.1) is 0 Å². The van der Waals surface area contributed by atoms with Gasteiger partial charge < -0.3 is 11.1 Å². The molecule has 3 N–H and O–H groups in total. The lowest BCUT2D eigenvalue weighted by Gasteiger charge is -1.98. The van der Waals surface area contributed by atoms with E-state index in [0.29, 0.717) is 17.7 Å². The molecule has 0 saturated heterocycles. The summed E-state index contributed by atoms with van der Waals surface area (Å²) in [6, 6.07) is 1.68. The van der Waals surface area contributed by atoms with Crippen LogP contribution in [0.1, 0.15) is 15.9 Å². The normalized spacial score (nSPS) is 8.71. The molecule has 0 radical (unpaired) electrons. The summed E-state index contributed by atoms with van der Waals surface area (Å²) in [6.07, 6.45) is 3.08. The lowest BCUT2D eigenvalue weighted by Crippen LogP contribution is -2.17. The molecular formula is C10H11N3O. The van der Waals surface area contributed by atoms with Crippen molar-refractivity contribution in [3.8, 4) is 11.8 Å². The van der Waals surface area contributed by atoms with Crippen molar-refractivity contribution in [1.29, 1.82) is 0 Å². The van der Waals surface area contributed by atoms with Crippen LogP contribution < -0.4 is 11.1 Å². The molecule has 0 bridgehead atoms. The second kappa shape index (κ2) is 5.00. The van der Waals surface area contributed by atoms with E-state index in [1.807, 2.05) is 0 Å². The van der Waals surface area contributed by atoms with Gasteiger partial charge in [0.25, 0.3) is 5.91 Å². The van der Waals surface area contributed by atoms with Gasteiger partial charge in [0.15, 0.2) is 0 Å². The van der Waals surface area contributed by atoms with Crippen LogP contribution in [-0.4, -0.2) is 24.5 Å². The monoisotopic (exact) mass is 189 g/mol. The Balaban J connectivity index is 2.95. The number of carbonyl (C=O) groups is 1. The number of nitrogens with two attached hydrogens (primary N) is 1. The zero-order valence-electron chi connectivity index (χ0n) is 7.87. The Kier molecular flexibility index (Phi) is 3.65. The topological polar surface area (TPSA) is 68.0 Å². The summed E-state index contributed by atoms with van der Waals surface area (Å²) >= 11 is 0. The zero-order chi connectivity index (χ0) is 10.4. The van der Waals surface area contributed by atoms with E-state index in [-0.39, 0.29) is 5.91 Å². The van der Waals surface area contributed by atoms with Gasteiger partial charge in [-0.1, -0.05) is 11.8 Å². The van der Waals surface area contributed by atoms with E-state index >= 15 is 0 Å². The third-order valence-corrected chi connectivity index (χ3v) is 1.56. The van der Waals surface area contributed by atoms with Crippen molar-refractivity contribution in [2.24, 2.45) is 5.73 Å². The van der Waals surface area contributed by atoms with Crippen LogP contribution in [0.3, 0.4) is 0 Å². The van der Waals surface area contributed by atoms with Crippen molar-refractivity contribution in [1.82, 2.24) is 10.3 Å². The first-order valence-corrected chi connectivity index (χ1v) is 4.14. The lowest BCUT2D eigenvalue weighted by molar-refractivity contribution is 0.0962. The maximum absolute atomic E-state index is 11.2. The van der Waals surface area contributed by atoms with Crippen molar-refractivity contribution < 1.29 is 4.79 Å². The molecule has 1 aromatic heterocycles. The van der Waals surface area contributed by atoms with Crippen LogP contribution in [0.4, 0.5) is 0 Å². The quantitative estimate of drug-likeness (QED) is 0.599. The molecule has 0 saturated carbocycles. The highest BCUT2D eigenvalue weighted by atomic mass is 16.1. The van der Waals surface area contributed by atoms with E-state index in [1.54, 1.807) is 19.3 Å². The Bertz CT molecular complexity index is 390. The van der Waals surface area contributed by atoms with Gasteiger partial charge in [-0.2, -0.15) is 0 Å². The zero-order valence-corrected chi connectivity index (χ0v) is 7.87. The molecule has 0 unspecified atom stereocenters. The first-order valence-electron chi connectivity index (χ1n) is 4.14. The highest BCUT2D eigenvalue weighted by Gasteiger charge is 2.02. The predicted octanol–water partition coefficient (Wildman–Crippen LogP) is -0.249. The second-order valence-electron chi connectivity index (χ2n) is 2.55. The SMILES string of the molecule is CNC(=O)c1cncc(C#CCN)c1. The highest BCUT2D eigenvalue weighted by molar-refractivity contribution is 5.93. The molecule has 72 valence electrons. The molecule has 0 aliphatic carbocycles. The predicted molar refractivity (Wildman–Crippen MR) is 53.6 cm³/mol. The average Bonchev–Trinajstić information content (AvgIpc) is 2.25. The molecule has 0 spiro atoms. The number of aromatic nitrogens is 1. The standard InChI is InChI=1S/C10H11N3O/c1-12-10(14)9-5-8(3-2-4-11)6-13-7-9/h5-7H,4,11H2,1H3,(H,12,14). The molecule has 1 amide bonds. The van der Waals surface area contributed by atoms with Crippen LogP contribution in [0, 0.1) is 11.8 Å². The lowest BCUT2D eigenvalue weighted by atomic mass is 10.2. The van der Waals surface area contributed by atoms with E-state index in [4.69, 9.17) is 5.73 Å². The molecule has 14 heavy (non-hydrogen) atoms. The van der Waals surface area contributed by atoms with Crippen LogP contribution in [0.2, 0.25) is 0 Å². The van der Waals surface area contributed by atoms with Gasteiger partial charge in [0.2, 0.25) is 0 Å². The summed E-state index contributed by atoms with van der Waals surface area (Å²) in [5.74, 6) is 5.33. The molecule has 1 heterocycles. The van der Waals surface area contributed by atoms with Crippen LogP contribution in [0.15, 0.2) is 18.5 Å². The summed E-state index contributed by atoms with van der Waals surface area (Å²) in [6.45, 7) is 0.296. The maximum atomic E-state index is 11.2. The fraction of sp³-hybridized carbons (Fsp3) is 0.200. The van der Waals surface area contributed by atoms with Crippen molar-refractivity contribution in [2.45, 2.75) is 0 Å². The maximum Gasteiger partial charge on any atom is 0.252 e. The molecule has 0 fully saturated rings. The summed E-state index contributed by atoms with van der Waals surface area (Å²) < 4.78 is 0. The Morgan fingerprint density at radius 1 is 1.64 bits per heavy atom. The van der Waals surface area contributed by atoms with Crippen LogP contribution in [0.25, 0.3) is 0 Å². The van der Waals surface area contributed by atoms with E-state index in [0.717, 1.165) is 0 Å². The van der Waals surface area contributed by atoms with Crippen molar-refractivity contribution in [3.05, 3.63) is 29.6 Å². The smallest absolute Gasteiger partial charge is 0.252 e. The number of carbonyl (C=O) groups excluding carboxylic acids is 1. The molecule has 0 aliphatic heterocycles. The third-order valence-electron chi connectivity index (χ3n) is 1.56. The summed E-state index contributed by atoms with van der Waals surface area (Å²) in [7, 11) is 1.57. The van der Waals surface area contributed by atoms with Gasteiger partial charge >= 0.3 is 0 Å². The van der Waals surface area contributed by atoms with E-state index in [9.17, 15) is 4.79 Å². The number of rotatable bonds is 1. The fourth-order valence-electron chi connectivity index (χ4n) is 0.930. The molecule has 0 aliphatic rings. The first kappa shape index (κ1) is 10.2. The summed E-state index contributed by atoms with van der Waals surface area (Å²) in [4.78, 5) is 15.1. The van der Waals surface area contributed by atoms with Crippen LogP contribution in [0.5, 0.6) is 0 Å². The number of hydrogen-bond donors (Lipinski definition) is 2. The minimum Gasteiger partial charge on any atom is -0.355 e. The van der Waals surface area contributed by atoms with Gasteiger partial charge in [-0.05, 0) is 6.07 Å². The number of nitrogens with one attached hydrogen (secondary N) is 1. The van der Waals surface area contributed by atoms with Crippen molar-refractivity contribution in [3.63, 3.8) is 0 Å². The summed E-state index contributed by atoms with van der Waals surface area (Å²) in [5, 5.41) is 2.51. The van der Waals surface area contributed by atoms with Crippen LogP contribution >= 0.6 is 0 Å². The third kappa shape index (κ3) is 2.57. The molecule has 0 atom stereocenters. The van der Waals surface area contributed by atoms with Gasteiger partial charge in [0.1, 0.15) is 0 Å². The number of nitrogens with zero attached hydrogens (tertiary/aromatic N) is 1. The molecular weight excluding hydrogens is 178 g/mol. The highest BCUT2D eigenvalue weighted by Crippen LogP contribution is 2.00. The number of pyridine rings is 1. The van der Waals surface area contributed by atoms with Gasteiger partial charge in [-0.25, -0.2) is 0 Å². The Morgan fingerprint density at radius 2 is 2.43 bits per heavy atom. The molecule has 1 aromatic rings. The van der Waals surface area contributed by atoms with E-state index in [2.05, 4.69) is 22.1 Å². The second-order valence-corrected chi connectivity index (χ2v) is 2.55. The Labute approximate surface area is 82.5 Å². The van der Waals surface area contributed by atoms with Gasteiger partial charge in [0, 0.05) is 25.0 Å². The minimum atomic E-state index is -0.172. The van der Waals surface area contributed by atoms with Crippen molar-refractivity contribution >= 4 is 5.91 Å². The van der Waals surface area contributed by atoms with E-state index < -0.39 is 0 Å². The number of hydrogen-bond acceptors (Lipinski definition) is 3. The fourth-order valence-corrected chi connectivity index (χ4v) is 0.930. The van der Waals surface area contributed by atoms with Gasteiger partial charge in [-0.3, -0.25) is 9.78 Å². The first-order chi connectivity index (χ1) is 6.77. The average molecular weight is 189 g/mol. The largest absolute Gasteiger partial charge is 0.355 e. The molecule has 1 rings (SSSR count). The number of amides is 1. The van der Waals surface area contributed by atoms with Gasteiger partial charge in [0.05, 0.1) is 12.1 Å². The minimum absolute atomic E-state index is 0.172. The Hall–Kier alpha value is -1.86. The van der Waals surface area contributed by atoms with E-state index in [1.165, 1.54) is 6.20 Å². The Morgan fingerprint density at radius 3 is 3.07 bits per heavy atom. The summed E-state index contributed by atoms with van der Waals surface area (Å²) in [5.41, 5.74) is 6.41.